The van der Waals surface area contributed by atoms with Crippen molar-refractivity contribution in [1.82, 2.24) is 9.78 Å². The van der Waals surface area contributed by atoms with E-state index < -0.39 is 5.82 Å². The fourth-order valence-corrected chi connectivity index (χ4v) is 2.37. The molecule has 0 radical (unpaired) electrons. The van der Waals surface area contributed by atoms with Crippen LogP contribution in [0.5, 0.6) is 0 Å². The van der Waals surface area contributed by atoms with Crippen molar-refractivity contribution in [2.24, 2.45) is 12.8 Å². The van der Waals surface area contributed by atoms with Crippen molar-refractivity contribution in [1.29, 1.82) is 0 Å². The molecule has 0 aliphatic rings. The fourth-order valence-electron chi connectivity index (χ4n) is 2.17. The van der Waals surface area contributed by atoms with E-state index in [0.717, 1.165) is 23.2 Å². The van der Waals surface area contributed by atoms with Gasteiger partial charge >= 0.3 is 0 Å². The average Bonchev–Trinajstić information content (AvgIpc) is 2.75. The van der Waals surface area contributed by atoms with Gasteiger partial charge in [0, 0.05) is 24.8 Å². The van der Waals surface area contributed by atoms with Crippen LogP contribution in [0.25, 0.3) is 0 Å². The fraction of sp³-hybridized carbons (Fsp3) is 0.357. The van der Waals surface area contributed by atoms with Crippen molar-refractivity contribution >= 4 is 11.6 Å². The molecule has 0 saturated heterocycles. The molecule has 2 N–H and O–H groups in total. The molecule has 0 spiro atoms. The molecule has 1 heterocycles. The molecule has 0 amide bonds. The number of aryl methyl sites for hydroxylation is 2. The Balaban J connectivity index is 2.20. The standard InChI is InChI=1S/C14H17ClFN3/c1-3-14-10(8-19(2)18-14)13(17)7-9-4-5-12(16)11(15)6-9/h4-6,8,13H,3,7,17H2,1-2H3. The number of aromatic nitrogens is 2. The maximum atomic E-state index is 13.1. The number of halogens is 2. The Labute approximate surface area is 117 Å². The highest BCUT2D eigenvalue weighted by Gasteiger charge is 2.15. The monoisotopic (exact) mass is 281 g/mol. The average molecular weight is 282 g/mol. The lowest BCUT2D eigenvalue weighted by molar-refractivity contribution is 0.626. The smallest absolute Gasteiger partial charge is 0.141 e. The molecule has 1 aromatic carbocycles. The van der Waals surface area contributed by atoms with Gasteiger partial charge in [0.2, 0.25) is 0 Å². The molecule has 2 rings (SSSR count). The predicted octanol–water partition coefficient (Wildman–Crippen LogP) is 3.02. The van der Waals surface area contributed by atoms with Crippen LogP contribution in [-0.2, 0) is 19.9 Å². The summed E-state index contributed by atoms with van der Waals surface area (Å²) < 4.78 is 14.9. The van der Waals surface area contributed by atoms with Crippen LogP contribution in [0, 0.1) is 5.82 Å². The van der Waals surface area contributed by atoms with E-state index in [1.165, 1.54) is 6.07 Å². The Hall–Kier alpha value is -1.39. The second-order valence-electron chi connectivity index (χ2n) is 4.62. The first kappa shape index (κ1) is 14.0. The summed E-state index contributed by atoms with van der Waals surface area (Å²) in [5, 5.41) is 4.51. The van der Waals surface area contributed by atoms with Crippen molar-refractivity contribution in [3.8, 4) is 0 Å². The molecule has 1 unspecified atom stereocenters. The lowest BCUT2D eigenvalue weighted by Gasteiger charge is -2.11. The molecular formula is C14H17ClFN3. The predicted molar refractivity (Wildman–Crippen MR) is 74.6 cm³/mol. The number of hydrogen-bond acceptors (Lipinski definition) is 2. The number of nitrogens with zero attached hydrogens (tertiary/aromatic N) is 2. The van der Waals surface area contributed by atoms with Gasteiger partial charge in [0.15, 0.2) is 0 Å². The highest BCUT2D eigenvalue weighted by Crippen LogP contribution is 2.22. The van der Waals surface area contributed by atoms with Crippen molar-refractivity contribution < 1.29 is 4.39 Å². The number of rotatable bonds is 4. The van der Waals surface area contributed by atoms with Crippen LogP contribution in [0.3, 0.4) is 0 Å². The van der Waals surface area contributed by atoms with E-state index in [1.807, 2.05) is 20.2 Å². The van der Waals surface area contributed by atoms with Crippen LogP contribution >= 0.6 is 11.6 Å². The molecule has 5 heteroatoms. The Morgan fingerprint density at radius 3 is 2.84 bits per heavy atom. The third-order valence-corrected chi connectivity index (χ3v) is 3.40. The Bertz CT molecular complexity index is 580. The van der Waals surface area contributed by atoms with Gasteiger partial charge in [0.1, 0.15) is 5.82 Å². The zero-order chi connectivity index (χ0) is 14.0. The van der Waals surface area contributed by atoms with Gasteiger partial charge in [-0.3, -0.25) is 4.68 Å². The van der Waals surface area contributed by atoms with Gasteiger partial charge in [-0.1, -0.05) is 24.6 Å². The Kier molecular flexibility index (Phi) is 4.22. The van der Waals surface area contributed by atoms with E-state index in [0.29, 0.717) is 6.42 Å². The van der Waals surface area contributed by atoms with Crippen molar-refractivity contribution in [2.45, 2.75) is 25.8 Å². The third kappa shape index (κ3) is 3.14. The summed E-state index contributed by atoms with van der Waals surface area (Å²) >= 11 is 5.77. The Morgan fingerprint density at radius 1 is 1.47 bits per heavy atom. The topological polar surface area (TPSA) is 43.8 Å². The number of benzene rings is 1. The lowest BCUT2D eigenvalue weighted by Crippen LogP contribution is -2.14. The lowest BCUT2D eigenvalue weighted by atomic mass is 9.99. The van der Waals surface area contributed by atoms with Gasteiger partial charge in [0.05, 0.1) is 10.7 Å². The zero-order valence-electron chi connectivity index (χ0n) is 11.0. The molecule has 1 atom stereocenters. The van der Waals surface area contributed by atoms with E-state index in [9.17, 15) is 4.39 Å². The first-order valence-corrected chi connectivity index (χ1v) is 6.61. The summed E-state index contributed by atoms with van der Waals surface area (Å²) in [6.45, 7) is 2.05. The molecule has 0 aliphatic heterocycles. The normalized spacial score (nSPS) is 12.7. The SMILES string of the molecule is CCc1nn(C)cc1C(N)Cc1ccc(F)c(Cl)c1. The number of nitrogens with two attached hydrogens (primary N) is 1. The van der Waals surface area contributed by atoms with E-state index in [-0.39, 0.29) is 11.1 Å². The summed E-state index contributed by atoms with van der Waals surface area (Å²) in [6.07, 6.45) is 3.39. The quantitative estimate of drug-likeness (QED) is 0.936. The van der Waals surface area contributed by atoms with E-state index in [2.05, 4.69) is 5.10 Å². The van der Waals surface area contributed by atoms with E-state index in [4.69, 9.17) is 17.3 Å². The van der Waals surface area contributed by atoms with Crippen LogP contribution in [0.15, 0.2) is 24.4 Å². The number of hydrogen-bond donors (Lipinski definition) is 1. The molecule has 0 fully saturated rings. The van der Waals surface area contributed by atoms with Gasteiger partial charge in [0.25, 0.3) is 0 Å². The maximum absolute atomic E-state index is 13.1. The van der Waals surface area contributed by atoms with Crippen molar-refractivity contribution in [3.05, 3.63) is 52.1 Å². The van der Waals surface area contributed by atoms with Gasteiger partial charge in [-0.05, 0) is 30.5 Å². The summed E-state index contributed by atoms with van der Waals surface area (Å²) in [5.41, 5.74) is 9.17. The maximum Gasteiger partial charge on any atom is 0.141 e. The summed E-state index contributed by atoms with van der Waals surface area (Å²) in [5.74, 6) is -0.408. The van der Waals surface area contributed by atoms with Crippen LogP contribution in [0.2, 0.25) is 5.02 Å². The molecule has 0 saturated carbocycles. The molecule has 3 nitrogen and oxygen atoms in total. The summed E-state index contributed by atoms with van der Waals surface area (Å²) in [6, 6.07) is 4.54. The van der Waals surface area contributed by atoms with Gasteiger partial charge in [-0.2, -0.15) is 5.10 Å². The highest BCUT2D eigenvalue weighted by atomic mass is 35.5. The first-order valence-electron chi connectivity index (χ1n) is 6.23. The van der Waals surface area contributed by atoms with Gasteiger partial charge in [-0.15, -0.1) is 0 Å². The summed E-state index contributed by atoms with van der Waals surface area (Å²) in [4.78, 5) is 0. The van der Waals surface area contributed by atoms with Crippen molar-refractivity contribution in [3.63, 3.8) is 0 Å². The minimum atomic E-state index is -0.408. The second-order valence-corrected chi connectivity index (χ2v) is 5.02. The van der Waals surface area contributed by atoms with Crippen LogP contribution in [0.4, 0.5) is 4.39 Å². The molecule has 2 aromatic rings. The third-order valence-electron chi connectivity index (χ3n) is 3.11. The minimum Gasteiger partial charge on any atom is -0.324 e. The molecule has 0 bridgehead atoms. The second kappa shape index (κ2) is 5.72. The van der Waals surface area contributed by atoms with Crippen LogP contribution in [0.1, 0.15) is 29.8 Å². The molecule has 1 aromatic heterocycles. The van der Waals surface area contributed by atoms with E-state index >= 15 is 0 Å². The molecule has 0 aliphatic carbocycles. The zero-order valence-corrected chi connectivity index (χ0v) is 11.8. The van der Waals surface area contributed by atoms with Gasteiger partial charge < -0.3 is 5.73 Å². The first-order chi connectivity index (χ1) is 9.01. The molecule has 102 valence electrons. The van der Waals surface area contributed by atoms with Crippen LogP contribution in [-0.4, -0.2) is 9.78 Å². The molecule has 19 heavy (non-hydrogen) atoms. The molecular weight excluding hydrogens is 265 g/mol. The van der Waals surface area contributed by atoms with E-state index in [1.54, 1.807) is 16.8 Å². The summed E-state index contributed by atoms with van der Waals surface area (Å²) in [7, 11) is 1.88. The van der Waals surface area contributed by atoms with Crippen LogP contribution < -0.4 is 5.73 Å². The largest absolute Gasteiger partial charge is 0.324 e. The Morgan fingerprint density at radius 2 is 2.21 bits per heavy atom. The highest BCUT2D eigenvalue weighted by molar-refractivity contribution is 6.30. The van der Waals surface area contributed by atoms with Gasteiger partial charge in [-0.25, -0.2) is 4.39 Å². The minimum absolute atomic E-state index is 0.131. The van der Waals surface area contributed by atoms with Crippen molar-refractivity contribution in [2.75, 3.05) is 0 Å².